The van der Waals surface area contributed by atoms with Crippen molar-refractivity contribution < 1.29 is 4.39 Å². The fourth-order valence-corrected chi connectivity index (χ4v) is 2.47. The molecule has 0 unspecified atom stereocenters. The molecular formula is C17H16FN3. The highest BCUT2D eigenvalue weighted by atomic mass is 19.1. The number of para-hydroxylation sites is 1. The number of halogens is 1. The highest BCUT2D eigenvalue weighted by Gasteiger charge is 2.08. The molecule has 3 aromatic rings. The van der Waals surface area contributed by atoms with Crippen LogP contribution in [0.25, 0.3) is 10.9 Å². The first-order chi connectivity index (χ1) is 10.2. The summed E-state index contributed by atoms with van der Waals surface area (Å²) >= 11 is 0. The normalized spacial score (nSPS) is 10.8. The van der Waals surface area contributed by atoms with Crippen LogP contribution in [0.2, 0.25) is 0 Å². The number of nitrogen functional groups attached to an aromatic ring is 1. The summed E-state index contributed by atoms with van der Waals surface area (Å²) in [5, 5.41) is 1.08. The van der Waals surface area contributed by atoms with Crippen molar-refractivity contribution in [3.8, 4) is 0 Å². The number of aryl methyl sites for hydroxylation is 1. The fraction of sp³-hybridized carbons (Fsp3) is 0.118. The molecule has 0 amide bonds. The van der Waals surface area contributed by atoms with Crippen molar-refractivity contribution in [2.45, 2.75) is 13.3 Å². The van der Waals surface area contributed by atoms with Gasteiger partial charge >= 0.3 is 0 Å². The Labute approximate surface area is 122 Å². The predicted octanol–water partition coefficient (Wildman–Crippen LogP) is 3.56. The molecule has 0 fully saturated rings. The van der Waals surface area contributed by atoms with Gasteiger partial charge in [0.2, 0.25) is 0 Å². The molecule has 0 atom stereocenters. The Morgan fingerprint density at radius 1 is 1.14 bits per heavy atom. The van der Waals surface area contributed by atoms with E-state index in [1.54, 1.807) is 12.1 Å². The number of hydrogen-bond donors (Lipinski definition) is 2. The molecule has 4 heteroatoms. The van der Waals surface area contributed by atoms with Gasteiger partial charge in [-0.1, -0.05) is 30.3 Å². The third kappa shape index (κ3) is 2.71. The van der Waals surface area contributed by atoms with Crippen LogP contribution in [0.3, 0.4) is 0 Å². The summed E-state index contributed by atoms with van der Waals surface area (Å²) in [5.41, 5.74) is 6.71. The van der Waals surface area contributed by atoms with Crippen molar-refractivity contribution in [2.75, 3.05) is 5.43 Å². The molecular weight excluding hydrogens is 265 g/mol. The Hall–Kier alpha value is -2.46. The molecule has 0 saturated heterocycles. The van der Waals surface area contributed by atoms with E-state index >= 15 is 0 Å². The van der Waals surface area contributed by atoms with Gasteiger partial charge in [0, 0.05) is 17.4 Å². The number of pyridine rings is 1. The number of nitrogens with zero attached hydrogens (tertiary/aromatic N) is 1. The van der Waals surface area contributed by atoms with Crippen LogP contribution in [0.4, 0.5) is 10.2 Å². The van der Waals surface area contributed by atoms with E-state index in [4.69, 9.17) is 5.84 Å². The van der Waals surface area contributed by atoms with E-state index in [0.717, 1.165) is 27.6 Å². The summed E-state index contributed by atoms with van der Waals surface area (Å²) in [5.74, 6) is 6.02. The molecule has 21 heavy (non-hydrogen) atoms. The first-order valence-electron chi connectivity index (χ1n) is 6.77. The second-order valence-corrected chi connectivity index (χ2v) is 5.09. The molecule has 106 valence electrons. The Bertz CT molecular complexity index is 782. The van der Waals surface area contributed by atoms with Crippen LogP contribution in [0.15, 0.2) is 48.5 Å². The number of rotatable bonds is 3. The van der Waals surface area contributed by atoms with Gasteiger partial charge < -0.3 is 5.43 Å². The maximum Gasteiger partial charge on any atom is 0.144 e. The second kappa shape index (κ2) is 5.50. The van der Waals surface area contributed by atoms with E-state index in [1.807, 2.05) is 25.1 Å². The van der Waals surface area contributed by atoms with Gasteiger partial charge in [0.05, 0.1) is 5.52 Å². The van der Waals surface area contributed by atoms with Gasteiger partial charge in [-0.05, 0) is 36.2 Å². The number of anilines is 1. The Morgan fingerprint density at radius 3 is 2.62 bits per heavy atom. The van der Waals surface area contributed by atoms with Gasteiger partial charge in [-0.3, -0.25) is 0 Å². The first-order valence-corrected chi connectivity index (χ1v) is 6.77. The smallest absolute Gasteiger partial charge is 0.144 e. The minimum absolute atomic E-state index is 0.233. The number of fused-ring (bicyclic) bond motifs is 1. The van der Waals surface area contributed by atoms with Crippen LogP contribution in [0.5, 0.6) is 0 Å². The van der Waals surface area contributed by atoms with Gasteiger partial charge in [-0.2, -0.15) is 0 Å². The molecule has 3 rings (SSSR count). The molecule has 1 heterocycles. The third-order valence-corrected chi connectivity index (χ3v) is 3.57. The van der Waals surface area contributed by atoms with E-state index in [2.05, 4.69) is 16.5 Å². The minimum Gasteiger partial charge on any atom is -0.308 e. The topological polar surface area (TPSA) is 50.9 Å². The van der Waals surface area contributed by atoms with Crippen LogP contribution in [0.1, 0.15) is 16.7 Å². The molecule has 0 aliphatic carbocycles. The van der Waals surface area contributed by atoms with E-state index in [0.29, 0.717) is 12.2 Å². The maximum atomic E-state index is 13.0. The Kier molecular flexibility index (Phi) is 3.54. The first kappa shape index (κ1) is 13.5. The average Bonchev–Trinajstić information content (AvgIpc) is 2.49. The van der Waals surface area contributed by atoms with Crippen molar-refractivity contribution in [2.24, 2.45) is 5.84 Å². The van der Waals surface area contributed by atoms with Crippen molar-refractivity contribution in [1.82, 2.24) is 4.98 Å². The van der Waals surface area contributed by atoms with Crippen LogP contribution in [0, 0.1) is 12.7 Å². The quantitative estimate of drug-likeness (QED) is 0.570. The Balaban J connectivity index is 2.06. The lowest BCUT2D eigenvalue weighted by Crippen LogP contribution is -2.11. The van der Waals surface area contributed by atoms with E-state index in [9.17, 15) is 4.39 Å². The van der Waals surface area contributed by atoms with Crippen LogP contribution < -0.4 is 11.3 Å². The number of nitrogens with one attached hydrogen (secondary N) is 1. The lowest BCUT2D eigenvalue weighted by molar-refractivity contribution is 0.627. The molecule has 0 aliphatic heterocycles. The number of benzene rings is 2. The van der Waals surface area contributed by atoms with Gasteiger partial charge in [0.25, 0.3) is 0 Å². The number of aromatic nitrogens is 1. The van der Waals surface area contributed by atoms with Gasteiger partial charge in [0.15, 0.2) is 0 Å². The lowest BCUT2D eigenvalue weighted by atomic mass is 10.0. The highest BCUT2D eigenvalue weighted by molar-refractivity contribution is 5.84. The van der Waals surface area contributed by atoms with Crippen molar-refractivity contribution >= 4 is 16.7 Å². The largest absolute Gasteiger partial charge is 0.308 e. The SMILES string of the molecule is Cc1cccc2cc(Cc3ccc(F)cc3)c(NN)nc12. The van der Waals surface area contributed by atoms with E-state index in [1.165, 1.54) is 12.1 Å². The zero-order chi connectivity index (χ0) is 14.8. The molecule has 3 nitrogen and oxygen atoms in total. The summed E-state index contributed by atoms with van der Waals surface area (Å²) in [4.78, 5) is 4.60. The fourth-order valence-electron chi connectivity index (χ4n) is 2.47. The van der Waals surface area contributed by atoms with E-state index < -0.39 is 0 Å². The molecule has 3 N–H and O–H groups in total. The van der Waals surface area contributed by atoms with Crippen LogP contribution in [-0.2, 0) is 6.42 Å². The summed E-state index contributed by atoms with van der Waals surface area (Å²) in [6.45, 7) is 2.02. The van der Waals surface area contributed by atoms with Crippen LogP contribution in [-0.4, -0.2) is 4.98 Å². The summed E-state index contributed by atoms with van der Waals surface area (Å²) in [6.07, 6.45) is 0.649. The molecule has 2 aromatic carbocycles. The van der Waals surface area contributed by atoms with Crippen molar-refractivity contribution in [3.05, 3.63) is 71.0 Å². The summed E-state index contributed by atoms with van der Waals surface area (Å²) in [7, 11) is 0. The predicted molar refractivity (Wildman–Crippen MR) is 83.5 cm³/mol. The maximum absolute atomic E-state index is 13.0. The van der Waals surface area contributed by atoms with Gasteiger partial charge in [-0.25, -0.2) is 15.2 Å². The molecule has 0 bridgehead atoms. The summed E-state index contributed by atoms with van der Waals surface area (Å²) < 4.78 is 13.0. The molecule has 1 aromatic heterocycles. The van der Waals surface area contributed by atoms with Crippen molar-refractivity contribution in [1.29, 1.82) is 0 Å². The highest BCUT2D eigenvalue weighted by Crippen LogP contribution is 2.24. The molecule has 0 spiro atoms. The third-order valence-electron chi connectivity index (χ3n) is 3.57. The standard InChI is InChI=1S/C17H16FN3/c1-11-3-2-4-13-10-14(17(21-19)20-16(11)13)9-12-5-7-15(18)8-6-12/h2-8,10H,9,19H2,1H3,(H,20,21). The van der Waals surface area contributed by atoms with Gasteiger partial charge in [-0.15, -0.1) is 0 Å². The molecule has 0 radical (unpaired) electrons. The zero-order valence-corrected chi connectivity index (χ0v) is 11.7. The molecule has 0 saturated carbocycles. The second-order valence-electron chi connectivity index (χ2n) is 5.09. The average molecular weight is 281 g/mol. The van der Waals surface area contributed by atoms with Gasteiger partial charge in [0.1, 0.15) is 11.6 Å². The van der Waals surface area contributed by atoms with E-state index in [-0.39, 0.29) is 5.82 Å². The zero-order valence-electron chi connectivity index (χ0n) is 11.7. The van der Waals surface area contributed by atoms with Crippen LogP contribution >= 0.6 is 0 Å². The van der Waals surface area contributed by atoms with Crippen molar-refractivity contribution in [3.63, 3.8) is 0 Å². The number of hydrogen-bond acceptors (Lipinski definition) is 3. The summed E-state index contributed by atoms with van der Waals surface area (Å²) in [6, 6.07) is 14.6. The Morgan fingerprint density at radius 2 is 1.90 bits per heavy atom. The number of hydrazine groups is 1. The number of nitrogens with two attached hydrogens (primary N) is 1. The molecule has 0 aliphatic rings. The monoisotopic (exact) mass is 281 g/mol. The lowest BCUT2D eigenvalue weighted by Gasteiger charge is -2.11. The minimum atomic E-state index is -0.233.